The summed E-state index contributed by atoms with van der Waals surface area (Å²) in [6, 6.07) is 9.35. The minimum Gasteiger partial charge on any atom is -0.349 e. The largest absolute Gasteiger partial charge is 0.349 e. The van der Waals surface area contributed by atoms with Gasteiger partial charge in [0.25, 0.3) is 5.91 Å². The van der Waals surface area contributed by atoms with E-state index in [1.165, 1.54) is 0 Å². The molecule has 2 nitrogen and oxygen atoms in total. The highest BCUT2D eigenvalue weighted by Gasteiger charge is 2.25. The molecule has 0 spiro atoms. The Morgan fingerprint density at radius 2 is 1.88 bits per heavy atom. The molecule has 94 valence electrons. The van der Waals surface area contributed by atoms with E-state index in [2.05, 4.69) is 26.1 Å². The molecule has 1 amide bonds. The van der Waals surface area contributed by atoms with Crippen molar-refractivity contribution in [1.82, 2.24) is 5.32 Å². The van der Waals surface area contributed by atoms with E-state index in [0.29, 0.717) is 11.4 Å². The fraction of sp³-hybridized carbons (Fsp3) is 0.500. The van der Waals surface area contributed by atoms with Crippen molar-refractivity contribution in [3.8, 4) is 0 Å². The first-order chi connectivity index (χ1) is 7.95. The van der Waals surface area contributed by atoms with Crippen molar-refractivity contribution in [2.75, 3.05) is 5.88 Å². The zero-order valence-electron chi connectivity index (χ0n) is 10.7. The molecular weight excluding hydrogens is 234 g/mol. The van der Waals surface area contributed by atoms with E-state index in [1.807, 2.05) is 30.3 Å². The van der Waals surface area contributed by atoms with Crippen molar-refractivity contribution in [3.63, 3.8) is 0 Å². The van der Waals surface area contributed by atoms with Gasteiger partial charge in [-0.15, -0.1) is 11.6 Å². The number of nitrogens with one attached hydrogen (secondary N) is 1. The second-order valence-electron chi connectivity index (χ2n) is 5.24. The molecule has 0 aliphatic carbocycles. The molecule has 0 heterocycles. The molecule has 0 aliphatic rings. The predicted molar refractivity (Wildman–Crippen MR) is 72.5 cm³/mol. The van der Waals surface area contributed by atoms with Crippen LogP contribution in [0.3, 0.4) is 0 Å². The van der Waals surface area contributed by atoms with E-state index < -0.39 is 0 Å². The van der Waals surface area contributed by atoms with E-state index in [0.717, 1.165) is 6.42 Å². The summed E-state index contributed by atoms with van der Waals surface area (Å²) in [6.07, 6.45) is 0.781. The molecule has 1 aromatic carbocycles. The second kappa shape index (κ2) is 6.06. The Bertz CT molecular complexity index is 356. The monoisotopic (exact) mass is 253 g/mol. The normalized spacial score (nSPS) is 13.2. The van der Waals surface area contributed by atoms with Crippen molar-refractivity contribution >= 4 is 17.5 Å². The van der Waals surface area contributed by atoms with Crippen molar-refractivity contribution in [1.29, 1.82) is 0 Å². The Hall–Kier alpha value is -1.02. The number of amides is 1. The van der Waals surface area contributed by atoms with E-state index in [-0.39, 0.29) is 17.4 Å². The predicted octanol–water partition coefficient (Wildman–Crippen LogP) is 3.46. The molecule has 1 N–H and O–H groups in total. The van der Waals surface area contributed by atoms with E-state index in [4.69, 9.17) is 11.6 Å². The van der Waals surface area contributed by atoms with E-state index in [9.17, 15) is 4.79 Å². The molecular formula is C14H20ClNO. The van der Waals surface area contributed by atoms with Crippen LogP contribution < -0.4 is 5.32 Å². The maximum Gasteiger partial charge on any atom is 0.251 e. The fourth-order valence-electron chi connectivity index (χ4n) is 1.66. The number of carbonyl (C=O) groups excluding carboxylic acids is 1. The molecule has 1 rings (SSSR count). The van der Waals surface area contributed by atoms with Crippen LogP contribution in [0.4, 0.5) is 0 Å². The Kier molecular flexibility index (Phi) is 5.01. The average Bonchev–Trinajstić information content (AvgIpc) is 2.28. The summed E-state index contributed by atoms with van der Waals surface area (Å²) >= 11 is 5.78. The first kappa shape index (κ1) is 14.0. The lowest BCUT2D eigenvalue weighted by Gasteiger charge is -2.31. The number of benzene rings is 1. The Balaban J connectivity index is 2.71. The van der Waals surface area contributed by atoms with Gasteiger partial charge in [-0.3, -0.25) is 4.79 Å². The van der Waals surface area contributed by atoms with Gasteiger partial charge in [0.2, 0.25) is 0 Å². The van der Waals surface area contributed by atoms with Gasteiger partial charge in [-0.1, -0.05) is 39.0 Å². The number of rotatable bonds is 4. The van der Waals surface area contributed by atoms with Crippen LogP contribution in [0.5, 0.6) is 0 Å². The van der Waals surface area contributed by atoms with Crippen LogP contribution in [0.25, 0.3) is 0 Å². The third-order valence-electron chi connectivity index (χ3n) is 2.78. The van der Waals surface area contributed by atoms with Gasteiger partial charge in [0, 0.05) is 17.5 Å². The van der Waals surface area contributed by atoms with Gasteiger partial charge in [0.15, 0.2) is 0 Å². The first-order valence-corrected chi connectivity index (χ1v) is 6.40. The minimum atomic E-state index is -0.0318. The van der Waals surface area contributed by atoms with Gasteiger partial charge < -0.3 is 5.32 Å². The van der Waals surface area contributed by atoms with Crippen molar-refractivity contribution in [3.05, 3.63) is 35.9 Å². The summed E-state index contributed by atoms with van der Waals surface area (Å²) in [6.45, 7) is 6.32. The minimum absolute atomic E-state index is 0.0132. The standard InChI is InChI=1S/C14H20ClNO/c1-14(2,3)12(9-10-15)16-13(17)11-7-5-4-6-8-11/h4-8,12H,9-10H2,1-3H3,(H,16,17). The maximum absolute atomic E-state index is 12.0. The molecule has 1 aromatic rings. The molecule has 0 aliphatic heterocycles. The van der Waals surface area contributed by atoms with Crippen LogP contribution in [0.15, 0.2) is 30.3 Å². The number of hydrogen-bond acceptors (Lipinski definition) is 1. The number of halogens is 1. The summed E-state index contributed by atoms with van der Waals surface area (Å²) in [5.74, 6) is 0.521. The molecule has 1 atom stereocenters. The SMILES string of the molecule is CC(C)(C)C(CCCl)NC(=O)c1ccccc1. The van der Waals surface area contributed by atoms with Crippen molar-refractivity contribution in [2.24, 2.45) is 5.41 Å². The molecule has 0 fully saturated rings. The highest BCUT2D eigenvalue weighted by Crippen LogP contribution is 2.22. The molecule has 0 bridgehead atoms. The highest BCUT2D eigenvalue weighted by atomic mass is 35.5. The Morgan fingerprint density at radius 3 is 2.35 bits per heavy atom. The summed E-state index contributed by atoms with van der Waals surface area (Å²) < 4.78 is 0. The van der Waals surface area contributed by atoms with Crippen molar-refractivity contribution in [2.45, 2.75) is 33.2 Å². The highest BCUT2D eigenvalue weighted by molar-refractivity contribution is 6.17. The first-order valence-electron chi connectivity index (χ1n) is 5.87. The van der Waals surface area contributed by atoms with Crippen molar-refractivity contribution < 1.29 is 4.79 Å². The molecule has 1 unspecified atom stereocenters. The zero-order chi connectivity index (χ0) is 12.9. The Labute approximate surface area is 108 Å². The van der Waals surface area contributed by atoms with Gasteiger partial charge in [0.1, 0.15) is 0 Å². The molecule has 0 aromatic heterocycles. The van der Waals surface area contributed by atoms with Crippen LogP contribution >= 0.6 is 11.6 Å². The van der Waals surface area contributed by atoms with E-state index >= 15 is 0 Å². The summed E-state index contributed by atoms with van der Waals surface area (Å²) in [5.41, 5.74) is 0.704. The molecule has 3 heteroatoms. The third-order valence-corrected chi connectivity index (χ3v) is 3.00. The molecule has 0 saturated heterocycles. The van der Waals surface area contributed by atoms with Gasteiger partial charge in [-0.25, -0.2) is 0 Å². The Morgan fingerprint density at radius 1 is 1.29 bits per heavy atom. The quantitative estimate of drug-likeness (QED) is 0.818. The summed E-state index contributed by atoms with van der Waals surface area (Å²) in [5, 5.41) is 3.05. The number of hydrogen-bond donors (Lipinski definition) is 1. The molecule has 0 radical (unpaired) electrons. The number of carbonyl (C=O) groups is 1. The van der Waals surface area contributed by atoms with Crippen LogP contribution in [-0.2, 0) is 0 Å². The lowest BCUT2D eigenvalue weighted by Crippen LogP contribution is -2.44. The van der Waals surface area contributed by atoms with Crippen LogP contribution in [0.2, 0.25) is 0 Å². The topological polar surface area (TPSA) is 29.1 Å². The van der Waals surface area contributed by atoms with Crippen LogP contribution in [0, 0.1) is 5.41 Å². The lowest BCUT2D eigenvalue weighted by molar-refractivity contribution is 0.0900. The van der Waals surface area contributed by atoms with E-state index in [1.54, 1.807) is 0 Å². The van der Waals surface area contributed by atoms with Gasteiger partial charge >= 0.3 is 0 Å². The van der Waals surface area contributed by atoms with Gasteiger partial charge in [-0.05, 0) is 24.0 Å². The van der Waals surface area contributed by atoms with Gasteiger partial charge in [-0.2, -0.15) is 0 Å². The molecule has 17 heavy (non-hydrogen) atoms. The number of alkyl halides is 1. The fourth-order valence-corrected chi connectivity index (χ4v) is 1.88. The maximum atomic E-state index is 12.0. The summed E-state index contributed by atoms with van der Waals surface area (Å²) in [4.78, 5) is 12.0. The lowest BCUT2D eigenvalue weighted by atomic mass is 9.85. The van der Waals surface area contributed by atoms with Gasteiger partial charge in [0.05, 0.1) is 0 Å². The second-order valence-corrected chi connectivity index (χ2v) is 5.61. The zero-order valence-corrected chi connectivity index (χ0v) is 11.4. The molecule has 0 saturated carbocycles. The average molecular weight is 254 g/mol. The summed E-state index contributed by atoms with van der Waals surface area (Å²) in [7, 11) is 0. The van der Waals surface area contributed by atoms with Crippen LogP contribution in [-0.4, -0.2) is 17.8 Å². The smallest absolute Gasteiger partial charge is 0.251 e. The van der Waals surface area contributed by atoms with Crippen LogP contribution in [0.1, 0.15) is 37.6 Å². The third kappa shape index (κ3) is 4.39.